The van der Waals surface area contributed by atoms with Crippen molar-refractivity contribution in [3.63, 3.8) is 0 Å². The molecule has 1 N–H and O–H groups in total. The highest BCUT2D eigenvalue weighted by atomic mass is 16.5. The van der Waals surface area contributed by atoms with Gasteiger partial charge in [0.25, 0.3) is 0 Å². The summed E-state index contributed by atoms with van der Waals surface area (Å²) in [6.07, 6.45) is 4.49. The van der Waals surface area contributed by atoms with E-state index in [1.54, 1.807) is 12.5 Å². The fraction of sp³-hybridized carbons (Fsp3) is 0.286. The lowest BCUT2D eigenvalue weighted by atomic mass is 10.1. The zero-order valence-electron chi connectivity index (χ0n) is 9.77. The minimum absolute atomic E-state index is 0.0359. The second kappa shape index (κ2) is 4.17. The van der Waals surface area contributed by atoms with Crippen LogP contribution in [0.5, 0.6) is 5.75 Å². The summed E-state index contributed by atoms with van der Waals surface area (Å²) >= 11 is 0. The van der Waals surface area contributed by atoms with Crippen molar-refractivity contribution in [1.82, 2.24) is 0 Å². The molecule has 1 aliphatic rings. The Balaban J connectivity index is 1.86. The standard InChI is InChI=1S/C14H15NO2/c1-2-10-3-4-13-12(7-10)15-8-14(17-13)11-5-6-16-9-11/h3-7,9,14-15H,2,8H2,1H3. The zero-order valence-corrected chi connectivity index (χ0v) is 9.77. The number of hydrogen-bond acceptors (Lipinski definition) is 3. The SMILES string of the molecule is CCc1ccc2c(c1)NCC(c1ccoc1)O2. The number of furan rings is 1. The summed E-state index contributed by atoms with van der Waals surface area (Å²) in [5, 5.41) is 3.41. The highest BCUT2D eigenvalue weighted by Crippen LogP contribution is 2.34. The Morgan fingerprint density at radius 1 is 1.35 bits per heavy atom. The third-order valence-electron chi connectivity index (χ3n) is 3.11. The zero-order chi connectivity index (χ0) is 11.7. The van der Waals surface area contributed by atoms with Crippen molar-refractivity contribution in [3.8, 4) is 5.75 Å². The first-order chi connectivity index (χ1) is 8.36. The van der Waals surface area contributed by atoms with Crippen molar-refractivity contribution in [2.75, 3.05) is 11.9 Å². The third-order valence-corrected chi connectivity index (χ3v) is 3.11. The molecule has 2 heterocycles. The van der Waals surface area contributed by atoms with Crippen molar-refractivity contribution >= 4 is 5.69 Å². The smallest absolute Gasteiger partial charge is 0.144 e. The van der Waals surface area contributed by atoms with Gasteiger partial charge in [-0.25, -0.2) is 0 Å². The van der Waals surface area contributed by atoms with Gasteiger partial charge in [0.1, 0.15) is 11.9 Å². The number of anilines is 1. The van der Waals surface area contributed by atoms with E-state index in [4.69, 9.17) is 9.15 Å². The van der Waals surface area contributed by atoms with Gasteiger partial charge in [-0.1, -0.05) is 13.0 Å². The molecular weight excluding hydrogens is 214 g/mol. The topological polar surface area (TPSA) is 34.4 Å². The lowest BCUT2D eigenvalue weighted by molar-refractivity contribution is 0.209. The largest absolute Gasteiger partial charge is 0.482 e. The Morgan fingerprint density at radius 2 is 2.29 bits per heavy atom. The minimum atomic E-state index is 0.0359. The molecule has 88 valence electrons. The average Bonchev–Trinajstić information content (AvgIpc) is 2.91. The van der Waals surface area contributed by atoms with Gasteiger partial charge in [0.2, 0.25) is 0 Å². The number of nitrogens with one attached hydrogen (secondary N) is 1. The van der Waals surface area contributed by atoms with Crippen LogP contribution in [-0.2, 0) is 6.42 Å². The predicted octanol–water partition coefficient (Wildman–Crippen LogP) is 3.39. The number of aryl methyl sites for hydroxylation is 1. The summed E-state index contributed by atoms with van der Waals surface area (Å²) in [4.78, 5) is 0. The van der Waals surface area contributed by atoms with Crippen LogP contribution in [0.15, 0.2) is 41.2 Å². The molecule has 17 heavy (non-hydrogen) atoms. The van der Waals surface area contributed by atoms with Crippen LogP contribution >= 0.6 is 0 Å². The van der Waals surface area contributed by atoms with Gasteiger partial charge in [0.05, 0.1) is 24.8 Å². The summed E-state index contributed by atoms with van der Waals surface area (Å²) in [6, 6.07) is 8.24. The van der Waals surface area contributed by atoms with E-state index in [2.05, 4.69) is 24.4 Å². The van der Waals surface area contributed by atoms with Gasteiger partial charge in [-0.2, -0.15) is 0 Å². The molecule has 0 spiro atoms. The molecule has 2 aromatic rings. The maximum atomic E-state index is 5.95. The number of benzene rings is 1. The molecule has 1 aromatic heterocycles. The molecule has 1 atom stereocenters. The quantitative estimate of drug-likeness (QED) is 0.857. The van der Waals surface area contributed by atoms with E-state index in [9.17, 15) is 0 Å². The van der Waals surface area contributed by atoms with Crippen molar-refractivity contribution < 1.29 is 9.15 Å². The predicted molar refractivity (Wildman–Crippen MR) is 66.4 cm³/mol. The summed E-state index contributed by atoms with van der Waals surface area (Å²) in [7, 11) is 0. The van der Waals surface area contributed by atoms with E-state index in [0.29, 0.717) is 0 Å². The molecule has 0 radical (unpaired) electrons. The molecule has 0 aliphatic carbocycles. The fourth-order valence-electron chi connectivity index (χ4n) is 2.08. The maximum absolute atomic E-state index is 5.95. The number of hydrogen-bond donors (Lipinski definition) is 1. The first kappa shape index (κ1) is 10.3. The Morgan fingerprint density at radius 3 is 3.06 bits per heavy atom. The molecule has 0 saturated carbocycles. The van der Waals surface area contributed by atoms with Crippen LogP contribution in [0.4, 0.5) is 5.69 Å². The average molecular weight is 229 g/mol. The summed E-state index contributed by atoms with van der Waals surface area (Å²) < 4.78 is 11.0. The lowest BCUT2D eigenvalue weighted by Crippen LogP contribution is -2.23. The number of ether oxygens (including phenoxy) is 1. The highest BCUT2D eigenvalue weighted by molar-refractivity contribution is 5.60. The Labute approximate surface area is 100 Å². The van der Waals surface area contributed by atoms with Gasteiger partial charge in [-0.15, -0.1) is 0 Å². The van der Waals surface area contributed by atoms with Crippen LogP contribution in [-0.4, -0.2) is 6.54 Å². The normalized spacial score (nSPS) is 18.1. The molecule has 0 saturated heterocycles. The monoisotopic (exact) mass is 229 g/mol. The van der Waals surface area contributed by atoms with E-state index < -0.39 is 0 Å². The molecule has 1 unspecified atom stereocenters. The summed E-state index contributed by atoms with van der Waals surface area (Å²) in [6.45, 7) is 2.93. The highest BCUT2D eigenvalue weighted by Gasteiger charge is 2.21. The molecule has 3 heteroatoms. The van der Waals surface area contributed by atoms with Crippen molar-refractivity contribution in [2.24, 2.45) is 0 Å². The molecular formula is C14H15NO2. The number of fused-ring (bicyclic) bond motifs is 1. The Kier molecular flexibility index (Phi) is 2.52. The Hall–Kier alpha value is -1.90. The first-order valence-electron chi connectivity index (χ1n) is 5.92. The Bertz CT molecular complexity index is 505. The van der Waals surface area contributed by atoms with Crippen LogP contribution < -0.4 is 10.1 Å². The second-order valence-corrected chi connectivity index (χ2v) is 4.23. The maximum Gasteiger partial charge on any atom is 0.144 e. The third kappa shape index (κ3) is 1.88. The fourth-order valence-corrected chi connectivity index (χ4v) is 2.08. The minimum Gasteiger partial charge on any atom is -0.482 e. The van der Waals surface area contributed by atoms with Gasteiger partial charge in [0.15, 0.2) is 0 Å². The summed E-state index contributed by atoms with van der Waals surface area (Å²) in [5.74, 6) is 0.916. The molecule has 0 amide bonds. The molecule has 0 fully saturated rings. The van der Waals surface area contributed by atoms with E-state index in [0.717, 1.165) is 30.0 Å². The van der Waals surface area contributed by atoms with Crippen molar-refractivity contribution in [3.05, 3.63) is 47.9 Å². The molecule has 1 aliphatic heterocycles. The van der Waals surface area contributed by atoms with E-state index in [-0.39, 0.29) is 6.10 Å². The van der Waals surface area contributed by atoms with Gasteiger partial charge in [-0.3, -0.25) is 0 Å². The van der Waals surface area contributed by atoms with Crippen LogP contribution in [0.3, 0.4) is 0 Å². The lowest BCUT2D eigenvalue weighted by Gasteiger charge is -2.27. The van der Waals surface area contributed by atoms with Crippen molar-refractivity contribution in [2.45, 2.75) is 19.4 Å². The van der Waals surface area contributed by atoms with Crippen LogP contribution in [0.2, 0.25) is 0 Å². The molecule has 3 nitrogen and oxygen atoms in total. The van der Waals surface area contributed by atoms with E-state index in [1.807, 2.05) is 12.1 Å². The van der Waals surface area contributed by atoms with Gasteiger partial charge < -0.3 is 14.5 Å². The van der Waals surface area contributed by atoms with Gasteiger partial charge >= 0.3 is 0 Å². The van der Waals surface area contributed by atoms with Gasteiger partial charge in [-0.05, 0) is 30.2 Å². The van der Waals surface area contributed by atoms with Crippen LogP contribution in [0.25, 0.3) is 0 Å². The molecule has 1 aromatic carbocycles. The van der Waals surface area contributed by atoms with Crippen LogP contribution in [0, 0.1) is 0 Å². The van der Waals surface area contributed by atoms with E-state index >= 15 is 0 Å². The van der Waals surface area contributed by atoms with Crippen LogP contribution in [0.1, 0.15) is 24.2 Å². The number of rotatable bonds is 2. The molecule has 3 rings (SSSR count). The molecule has 0 bridgehead atoms. The second-order valence-electron chi connectivity index (χ2n) is 4.23. The summed E-state index contributed by atoms with van der Waals surface area (Å²) in [5.41, 5.74) is 3.48. The van der Waals surface area contributed by atoms with Crippen molar-refractivity contribution in [1.29, 1.82) is 0 Å². The first-order valence-corrected chi connectivity index (χ1v) is 5.92. The van der Waals surface area contributed by atoms with E-state index in [1.165, 1.54) is 5.56 Å². The van der Waals surface area contributed by atoms with Gasteiger partial charge in [0, 0.05) is 5.56 Å².